The van der Waals surface area contributed by atoms with Gasteiger partial charge in [-0.25, -0.2) is 0 Å². The van der Waals surface area contributed by atoms with Gasteiger partial charge in [0.05, 0.1) is 78.3 Å². The molecular formula is C15H34O8. The standard InChI is InChI=1S/C8H18O5.C7H16O3/c9-1-3-11-5-7-13-8-6-12-4-2-10;1-6(4-8)10-5-7(2)9-3/h9-10H,1-8H2;6-8H,4-5H2,1-3H3. The van der Waals surface area contributed by atoms with Crippen LogP contribution in [0.4, 0.5) is 0 Å². The maximum Gasteiger partial charge on any atom is 0.0779 e. The smallest absolute Gasteiger partial charge is 0.0779 e. The Morgan fingerprint density at radius 3 is 1.48 bits per heavy atom. The second-order valence-electron chi connectivity index (χ2n) is 4.66. The highest BCUT2D eigenvalue weighted by Crippen LogP contribution is 1.93. The van der Waals surface area contributed by atoms with E-state index in [1.165, 1.54) is 0 Å². The summed E-state index contributed by atoms with van der Waals surface area (Å²) < 4.78 is 25.1. The molecule has 0 saturated carbocycles. The van der Waals surface area contributed by atoms with E-state index in [2.05, 4.69) is 0 Å². The van der Waals surface area contributed by atoms with Crippen molar-refractivity contribution in [1.82, 2.24) is 0 Å². The van der Waals surface area contributed by atoms with Gasteiger partial charge < -0.3 is 39.0 Å². The van der Waals surface area contributed by atoms with Crippen LogP contribution in [0.5, 0.6) is 0 Å². The number of methoxy groups -OCH3 is 1. The van der Waals surface area contributed by atoms with Gasteiger partial charge in [-0.2, -0.15) is 0 Å². The van der Waals surface area contributed by atoms with Crippen LogP contribution in [0.1, 0.15) is 13.8 Å². The monoisotopic (exact) mass is 342 g/mol. The van der Waals surface area contributed by atoms with Crippen LogP contribution in [0.25, 0.3) is 0 Å². The third kappa shape index (κ3) is 24.1. The molecule has 0 saturated heterocycles. The maximum absolute atomic E-state index is 8.55. The van der Waals surface area contributed by atoms with E-state index in [0.717, 1.165) is 0 Å². The van der Waals surface area contributed by atoms with Gasteiger partial charge in [0, 0.05) is 7.11 Å². The van der Waals surface area contributed by atoms with Gasteiger partial charge in [0.1, 0.15) is 0 Å². The third-order valence-corrected chi connectivity index (χ3v) is 2.49. The molecule has 0 amide bonds. The first-order valence-corrected chi connectivity index (χ1v) is 7.82. The van der Waals surface area contributed by atoms with Crippen LogP contribution in [0.3, 0.4) is 0 Å². The zero-order valence-electron chi connectivity index (χ0n) is 14.6. The van der Waals surface area contributed by atoms with E-state index in [9.17, 15) is 0 Å². The van der Waals surface area contributed by atoms with Gasteiger partial charge in [0.25, 0.3) is 0 Å². The van der Waals surface area contributed by atoms with E-state index in [-0.39, 0.29) is 32.0 Å². The van der Waals surface area contributed by atoms with Crippen LogP contribution >= 0.6 is 0 Å². The van der Waals surface area contributed by atoms with Crippen molar-refractivity contribution in [2.24, 2.45) is 0 Å². The molecule has 0 bridgehead atoms. The number of hydrogen-bond donors (Lipinski definition) is 3. The fraction of sp³-hybridized carbons (Fsp3) is 1.00. The number of rotatable bonds is 15. The normalized spacial score (nSPS) is 13.3. The molecule has 0 aliphatic carbocycles. The molecule has 23 heavy (non-hydrogen) atoms. The first kappa shape index (κ1) is 24.9. The first-order chi connectivity index (χ1) is 11.1. The van der Waals surface area contributed by atoms with Crippen molar-refractivity contribution in [1.29, 1.82) is 0 Å². The Morgan fingerprint density at radius 2 is 1.13 bits per heavy atom. The summed E-state index contributed by atoms with van der Waals surface area (Å²) in [5, 5.41) is 25.3. The molecule has 0 heterocycles. The van der Waals surface area contributed by atoms with E-state index in [4.69, 9.17) is 39.0 Å². The lowest BCUT2D eigenvalue weighted by Crippen LogP contribution is -2.21. The molecule has 0 aromatic rings. The first-order valence-electron chi connectivity index (χ1n) is 7.82. The summed E-state index contributed by atoms with van der Waals surface area (Å²) in [7, 11) is 1.64. The van der Waals surface area contributed by atoms with Crippen LogP contribution in [0.2, 0.25) is 0 Å². The van der Waals surface area contributed by atoms with Crippen molar-refractivity contribution in [2.45, 2.75) is 26.1 Å². The Kier molecular flexibility index (Phi) is 23.5. The summed E-state index contributed by atoms with van der Waals surface area (Å²) >= 11 is 0. The molecule has 8 nitrogen and oxygen atoms in total. The molecule has 0 radical (unpaired) electrons. The highest BCUT2D eigenvalue weighted by Gasteiger charge is 2.03. The second-order valence-corrected chi connectivity index (χ2v) is 4.66. The predicted octanol–water partition coefficient (Wildman–Crippen LogP) is -0.560. The highest BCUT2D eigenvalue weighted by atomic mass is 16.5. The quantitative estimate of drug-likeness (QED) is 0.340. The Balaban J connectivity index is 0. The van der Waals surface area contributed by atoms with E-state index in [0.29, 0.717) is 46.2 Å². The summed E-state index contributed by atoms with van der Waals surface area (Å²) in [5.41, 5.74) is 0. The van der Waals surface area contributed by atoms with Crippen molar-refractivity contribution in [3.8, 4) is 0 Å². The number of ether oxygens (including phenoxy) is 5. The Labute approximate surface area is 139 Å². The predicted molar refractivity (Wildman–Crippen MR) is 85.6 cm³/mol. The van der Waals surface area contributed by atoms with Crippen molar-refractivity contribution in [2.75, 3.05) is 73.2 Å². The zero-order valence-corrected chi connectivity index (χ0v) is 14.6. The van der Waals surface area contributed by atoms with Crippen LogP contribution in [0, 0.1) is 0 Å². The summed E-state index contributed by atoms with van der Waals surface area (Å²) in [4.78, 5) is 0. The average molecular weight is 342 g/mol. The highest BCUT2D eigenvalue weighted by molar-refractivity contribution is 4.49. The summed E-state index contributed by atoms with van der Waals surface area (Å²) in [6.07, 6.45) is 0.0200. The molecule has 2 atom stereocenters. The van der Waals surface area contributed by atoms with Crippen LogP contribution in [-0.4, -0.2) is 101 Å². The topological polar surface area (TPSA) is 107 Å². The fourth-order valence-corrected chi connectivity index (χ4v) is 1.09. The second kappa shape index (κ2) is 21.7. The van der Waals surface area contributed by atoms with E-state index in [1.807, 2.05) is 13.8 Å². The summed E-state index contributed by atoms with van der Waals surface area (Å²) in [6.45, 7) is 7.11. The molecule has 8 heteroatoms. The molecule has 0 aromatic heterocycles. The molecule has 0 rings (SSSR count). The van der Waals surface area contributed by atoms with Gasteiger partial charge in [-0.05, 0) is 13.8 Å². The van der Waals surface area contributed by atoms with Gasteiger partial charge in [0.15, 0.2) is 0 Å². The van der Waals surface area contributed by atoms with E-state index < -0.39 is 0 Å². The Hall–Kier alpha value is -0.320. The number of hydrogen-bond acceptors (Lipinski definition) is 8. The molecule has 0 aliphatic heterocycles. The molecule has 0 fully saturated rings. The molecule has 0 spiro atoms. The minimum atomic E-state index is -0.0856. The van der Waals surface area contributed by atoms with Gasteiger partial charge >= 0.3 is 0 Å². The lowest BCUT2D eigenvalue weighted by Gasteiger charge is -2.13. The van der Waals surface area contributed by atoms with Crippen molar-refractivity contribution in [3.05, 3.63) is 0 Å². The summed E-state index contributed by atoms with van der Waals surface area (Å²) in [6, 6.07) is 0. The fourth-order valence-electron chi connectivity index (χ4n) is 1.09. The number of aliphatic hydroxyl groups is 3. The maximum atomic E-state index is 8.55. The van der Waals surface area contributed by atoms with Gasteiger partial charge in [-0.1, -0.05) is 0 Å². The molecule has 3 N–H and O–H groups in total. The van der Waals surface area contributed by atoms with Gasteiger partial charge in [-0.15, -0.1) is 0 Å². The average Bonchev–Trinajstić information content (AvgIpc) is 2.58. The summed E-state index contributed by atoms with van der Waals surface area (Å²) in [5.74, 6) is 0. The Morgan fingerprint density at radius 1 is 0.696 bits per heavy atom. The molecule has 2 unspecified atom stereocenters. The SMILES string of the molecule is COC(C)COC(C)CO.OCCOCCOCCOCCO. The minimum Gasteiger partial charge on any atom is -0.394 e. The van der Waals surface area contributed by atoms with Crippen LogP contribution in [-0.2, 0) is 23.7 Å². The van der Waals surface area contributed by atoms with E-state index in [1.54, 1.807) is 7.11 Å². The van der Waals surface area contributed by atoms with Crippen LogP contribution in [0.15, 0.2) is 0 Å². The lowest BCUT2D eigenvalue weighted by molar-refractivity contribution is -0.0313. The number of aliphatic hydroxyl groups excluding tert-OH is 3. The lowest BCUT2D eigenvalue weighted by atomic mass is 10.4. The van der Waals surface area contributed by atoms with Crippen molar-refractivity contribution < 1.29 is 39.0 Å². The zero-order chi connectivity index (χ0) is 17.8. The molecule has 0 aromatic carbocycles. The van der Waals surface area contributed by atoms with Crippen molar-refractivity contribution >= 4 is 0 Å². The Bertz CT molecular complexity index is 186. The molecule has 0 aliphatic rings. The van der Waals surface area contributed by atoms with Gasteiger partial charge in [0.2, 0.25) is 0 Å². The molecular weight excluding hydrogens is 308 g/mol. The molecule has 142 valence electrons. The third-order valence-electron chi connectivity index (χ3n) is 2.49. The van der Waals surface area contributed by atoms with Gasteiger partial charge in [-0.3, -0.25) is 0 Å². The largest absolute Gasteiger partial charge is 0.394 e. The van der Waals surface area contributed by atoms with Crippen molar-refractivity contribution in [3.63, 3.8) is 0 Å². The van der Waals surface area contributed by atoms with Crippen LogP contribution < -0.4 is 0 Å². The van der Waals surface area contributed by atoms with E-state index >= 15 is 0 Å². The minimum absolute atomic E-state index is 0.0413.